The van der Waals surface area contributed by atoms with E-state index in [9.17, 15) is 9.59 Å². The second kappa shape index (κ2) is 11.9. The molecule has 200 valence electrons. The molecule has 1 atom stereocenters. The van der Waals surface area contributed by atoms with Crippen molar-refractivity contribution in [1.82, 2.24) is 4.57 Å². The Kier molecular flexibility index (Phi) is 8.15. The van der Waals surface area contributed by atoms with Gasteiger partial charge >= 0.3 is 0 Å². The topological polar surface area (TPSA) is 69.9 Å². The van der Waals surface area contributed by atoms with Gasteiger partial charge in [0.15, 0.2) is 22.1 Å². The third-order valence-corrected chi connectivity index (χ3v) is 8.00. The zero-order valence-corrected chi connectivity index (χ0v) is 24.3. The molecule has 6 nitrogen and oxygen atoms in total. The maximum atomic E-state index is 14.0. The zero-order chi connectivity index (χ0) is 28.2. The Morgan fingerprint density at radius 1 is 1.10 bits per heavy atom. The van der Waals surface area contributed by atoms with E-state index in [-0.39, 0.29) is 17.9 Å². The third kappa shape index (κ3) is 5.31. The van der Waals surface area contributed by atoms with Crippen molar-refractivity contribution in [3.05, 3.63) is 119 Å². The minimum absolute atomic E-state index is 0.103. The smallest absolute Gasteiger partial charge is 0.271 e. The molecule has 0 bridgehead atoms. The number of hydrogen-bond acceptors (Lipinski definition) is 6. The number of aromatic nitrogens is 1. The Bertz CT molecular complexity index is 1830. The van der Waals surface area contributed by atoms with Gasteiger partial charge in [-0.05, 0) is 43.2 Å². The fraction of sp³-hybridized carbons (Fsp3) is 0.156. The average Bonchev–Trinajstić information content (AvgIpc) is 3.28. The molecule has 8 heteroatoms. The number of allylic oxidation sites excluding steroid dienone is 1. The molecule has 3 aromatic carbocycles. The van der Waals surface area contributed by atoms with Crippen LogP contribution in [0.1, 0.15) is 36.6 Å². The number of terminal acetylenes is 1. The summed E-state index contributed by atoms with van der Waals surface area (Å²) < 4.78 is 14.2. The van der Waals surface area contributed by atoms with Crippen LogP contribution in [0.5, 0.6) is 11.5 Å². The third-order valence-electron chi connectivity index (χ3n) is 6.33. The number of thiazole rings is 1. The minimum Gasteiger partial charge on any atom is -0.490 e. The first-order valence-corrected chi connectivity index (χ1v) is 14.2. The van der Waals surface area contributed by atoms with E-state index in [1.807, 2.05) is 73.7 Å². The van der Waals surface area contributed by atoms with Crippen LogP contribution in [-0.2, 0) is 4.79 Å². The molecule has 0 saturated carbocycles. The first kappa shape index (κ1) is 27.4. The lowest BCUT2D eigenvalue weighted by Gasteiger charge is -2.25. The van der Waals surface area contributed by atoms with Crippen LogP contribution in [0.3, 0.4) is 0 Å². The second-order valence-corrected chi connectivity index (χ2v) is 10.8. The Labute approximate surface area is 244 Å². The van der Waals surface area contributed by atoms with Crippen LogP contribution in [0.25, 0.3) is 11.8 Å². The quantitative estimate of drug-likeness (QED) is 0.259. The molecule has 1 aliphatic rings. The first-order valence-electron chi connectivity index (χ1n) is 12.6. The summed E-state index contributed by atoms with van der Waals surface area (Å²) in [6, 6.07) is 22.1. The van der Waals surface area contributed by atoms with Gasteiger partial charge in [-0.1, -0.05) is 93.9 Å². The average molecular weight is 614 g/mol. The van der Waals surface area contributed by atoms with Crippen LogP contribution in [0.4, 0.5) is 0 Å². The number of benzene rings is 3. The predicted octanol–water partition coefficient (Wildman–Crippen LogP) is 5.13. The highest BCUT2D eigenvalue weighted by Gasteiger charge is 2.32. The Morgan fingerprint density at radius 2 is 1.77 bits per heavy atom. The van der Waals surface area contributed by atoms with Crippen LogP contribution in [0, 0.1) is 12.3 Å². The molecule has 0 saturated heterocycles. The summed E-state index contributed by atoms with van der Waals surface area (Å²) in [5.74, 6) is 3.34. The molecule has 0 aliphatic carbocycles. The number of carbonyl (C=O) groups excluding carboxylic acids is 1. The molecule has 5 rings (SSSR count). The summed E-state index contributed by atoms with van der Waals surface area (Å²) in [7, 11) is 0. The summed E-state index contributed by atoms with van der Waals surface area (Å²) in [5, 5.41) is 0. The lowest BCUT2D eigenvalue weighted by molar-refractivity contribution is -0.113. The number of carbonyl (C=O) groups is 1. The number of ketones is 1. The van der Waals surface area contributed by atoms with E-state index in [0.717, 1.165) is 16.7 Å². The lowest BCUT2D eigenvalue weighted by Crippen LogP contribution is -2.39. The number of halogens is 1. The van der Waals surface area contributed by atoms with Crippen molar-refractivity contribution in [3.63, 3.8) is 0 Å². The highest BCUT2D eigenvalue weighted by atomic mass is 79.9. The predicted molar refractivity (Wildman–Crippen MR) is 161 cm³/mol. The summed E-state index contributed by atoms with van der Waals surface area (Å²) in [5.41, 5.74) is 3.19. The number of fused-ring (bicyclic) bond motifs is 1. The molecule has 2 heterocycles. The van der Waals surface area contributed by atoms with Crippen molar-refractivity contribution in [2.75, 3.05) is 13.2 Å². The molecule has 0 N–H and O–H groups in total. The van der Waals surface area contributed by atoms with Gasteiger partial charge in [0, 0.05) is 15.6 Å². The van der Waals surface area contributed by atoms with Gasteiger partial charge in [-0.25, -0.2) is 4.99 Å². The summed E-state index contributed by atoms with van der Waals surface area (Å²) in [4.78, 5) is 32.5. The molecule has 0 unspecified atom stereocenters. The molecule has 4 aromatic rings. The number of rotatable bonds is 8. The van der Waals surface area contributed by atoms with Gasteiger partial charge in [0.05, 0.1) is 22.9 Å². The molecular weight excluding hydrogens is 588 g/mol. The van der Waals surface area contributed by atoms with Crippen molar-refractivity contribution < 1.29 is 14.3 Å². The Morgan fingerprint density at radius 3 is 2.42 bits per heavy atom. The van der Waals surface area contributed by atoms with Gasteiger partial charge in [0.1, 0.15) is 6.61 Å². The van der Waals surface area contributed by atoms with E-state index >= 15 is 0 Å². The largest absolute Gasteiger partial charge is 0.490 e. The number of Topliss-reactive ketones (excluding diaryl/α,β-unsaturated/α-hetero) is 1. The molecule has 0 spiro atoms. The SMILES string of the molecule is C#CCOc1cc(Br)c(/C=c2\sc3n(c2=O)[C@H](c2ccccc2)C(C(C)=O)=C(c2ccccc2)N=3)cc1OCC. The summed E-state index contributed by atoms with van der Waals surface area (Å²) >= 11 is 4.87. The van der Waals surface area contributed by atoms with Crippen LogP contribution in [0.2, 0.25) is 0 Å². The van der Waals surface area contributed by atoms with Gasteiger partial charge in [-0.15, -0.1) is 6.42 Å². The maximum absolute atomic E-state index is 14.0. The van der Waals surface area contributed by atoms with E-state index in [1.54, 1.807) is 16.7 Å². The minimum atomic E-state index is -0.616. The molecule has 0 fully saturated rings. The second-order valence-electron chi connectivity index (χ2n) is 8.92. The van der Waals surface area contributed by atoms with Crippen molar-refractivity contribution >= 4 is 44.8 Å². The molecule has 1 aliphatic heterocycles. The van der Waals surface area contributed by atoms with E-state index in [0.29, 0.717) is 43.2 Å². The lowest BCUT2D eigenvalue weighted by atomic mass is 9.91. The number of ether oxygens (including phenoxy) is 2. The maximum Gasteiger partial charge on any atom is 0.271 e. The monoisotopic (exact) mass is 612 g/mol. The first-order chi connectivity index (χ1) is 19.4. The fourth-order valence-electron chi connectivity index (χ4n) is 4.64. The summed E-state index contributed by atoms with van der Waals surface area (Å²) in [6.07, 6.45) is 7.16. The fourth-order valence-corrected chi connectivity index (χ4v) is 6.07. The van der Waals surface area contributed by atoms with E-state index in [1.165, 1.54) is 18.3 Å². The van der Waals surface area contributed by atoms with E-state index in [4.69, 9.17) is 20.9 Å². The highest BCUT2D eigenvalue weighted by molar-refractivity contribution is 9.10. The molecule has 0 radical (unpaired) electrons. The number of nitrogens with zero attached hydrogens (tertiary/aromatic N) is 2. The van der Waals surface area contributed by atoms with Crippen LogP contribution >= 0.6 is 27.3 Å². The van der Waals surface area contributed by atoms with Crippen molar-refractivity contribution in [2.45, 2.75) is 19.9 Å². The van der Waals surface area contributed by atoms with Crippen molar-refractivity contribution in [3.8, 4) is 23.8 Å². The van der Waals surface area contributed by atoms with Gasteiger partial charge in [0.2, 0.25) is 0 Å². The normalized spacial score (nSPS) is 14.8. The van der Waals surface area contributed by atoms with Crippen LogP contribution < -0.4 is 24.4 Å². The standard InChI is InChI=1S/C32H25BrN2O4S/c1-4-16-39-26-19-24(33)23(17-25(26)38-5-2)18-27-31(37)35-30(22-14-10-7-11-15-22)28(20(3)36)29(34-32(35)40-27)21-12-8-6-9-13-21/h1,6-15,17-19,30H,5,16H2,2-3H3/b27-18-/t30-/m1/s1. The zero-order valence-electron chi connectivity index (χ0n) is 21.9. The van der Waals surface area contributed by atoms with Crippen LogP contribution in [0.15, 0.2) is 92.6 Å². The van der Waals surface area contributed by atoms with Gasteiger partial charge in [-0.3, -0.25) is 14.2 Å². The molecule has 40 heavy (non-hydrogen) atoms. The number of hydrogen-bond donors (Lipinski definition) is 0. The molecule has 0 amide bonds. The molecule has 1 aromatic heterocycles. The van der Waals surface area contributed by atoms with E-state index in [2.05, 4.69) is 21.9 Å². The van der Waals surface area contributed by atoms with Crippen molar-refractivity contribution in [1.29, 1.82) is 0 Å². The van der Waals surface area contributed by atoms with Gasteiger partial charge < -0.3 is 9.47 Å². The van der Waals surface area contributed by atoms with E-state index < -0.39 is 6.04 Å². The summed E-state index contributed by atoms with van der Waals surface area (Å²) in [6.45, 7) is 3.94. The van der Waals surface area contributed by atoms with Crippen LogP contribution in [-0.4, -0.2) is 23.6 Å². The van der Waals surface area contributed by atoms with Crippen molar-refractivity contribution in [2.24, 2.45) is 4.99 Å². The van der Waals surface area contributed by atoms with Gasteiger partial charge in [0.25, 0.3) is 5.56 Å². The molecular formula is C32H25BrN2O4S. The Hall–Kier alpha value is -4.19. The Balaban J connectivity index is 1.75. The highest BCUT2D eigenvalue weighted by Crippen LogP contribution is 2.36. The van der Waals surface area contributed by atoms with Gasteiger partial charge in [-0.2, -0.15) is 0 Å².